The largest absolute Gasteiger partial charge is 0.315 e. The Bertz CT molecular complexity index is 795. The first kappa shape index (κ1) is 15.0. The molecule has 1 amide bonds. The van der Waals surface area contributed by atoms with Crippen molar-refractivity contribution in [1.29, 1.82) is 5.26 Å². The van der Waals surface area contributed by atoms with E-state index in [1.165, 1.54) is 27.2 Å². The van der Waals surface area contributed by atoms with Gasteiger partial charge in [0.15, 0.2) is 0 Å². The molecular formula is C15H15N3O2S2. The SMILES string of the molecule is N#Cc1c(NC(=O)Cn2ccsc2=O)sc2c1CCCCC2. The topological polar surface area (TPSA) is 74.9 Å². The molecule has 0 saturated heterocycles. The number of fused-ring (bicyclic) bond motifs is 1. The summed E-state index contributed by atoms with van der Waals surface area (Å²) < 4.78 is 1.37. The fourth-order valence-corrected chi connectivity index (χ4v) is 4.52. The third-order valence-corrected chi connectivity index (χ3v) is 5.65. The molecule has 0 unspecified atom stereocenters. The number of hydrogen-bond donors (Lipinski definition) is 1. The van der Waals surface area contributed by atoms with Crippen LogP contribution in [0.25, 0.3) is 0 Å². The van der Waals surface area contributed by atoms with E-state index in [1.807, 2.05) is 0 Å². The maximum Gasteiger partial charge on any atom is 0.307 e. The van der Waals surface area contributed by atoms with E-state index in [2.05, 4.69) is 11.4 Å². The van der Waals surface area contributed by atoms with E-state index in [4.69, 9.17) is 0 Å². The van der Waals surface area contributed by atoms with E-state index in [1.54, 1.807) is 11.6 Å². The lowest BCUT2D eigenvalue weighted by Gasteiger charge is -2.04. The molecule has 0 radical (unpaired) electrons. The van der Waals surface area contributed by atoms with Crippen LogP contribution in [0.4, 0.5) is 5.00 Å². The lowest BCUT2D eigenvalue weighted by molar-refractivity contribution is -0.116. The Kier molecular flexibility index (Phi) is 4.41. The normalized spacial score (nSPS) is 14.0. The standard InChI is InChI=1S/C15H15N3O2S2/c16-8-11-10-4-2-1-3-5-12(10)22-14(11)17-13(19)9-18-6-7-21-15(18)20/h6-7H,1-5,9H2,(H,17,19). The number of thiophene rings is 1. The van der Waals surface area contributed by atoms with Crippen LogP contribution < -0.4 is 10.2 Å². The molecule has 2 aromatic heterocycles. The van der Waals surface area contributed by atoms with Crippen molar-refractivity contribution < 1.29 is 4.79 Å². The first-order valence-corrected chi connectivity index (χ1v) is 8.87. The molecule has 3 rings (SSSR count). The molecule has 2 aromatic rings. The van der Waals surface area contributed by atoms with E-state index in [9.17, 15) is 14.9 Å². The number of nitriles is 1. The van der Waals surface area contributed by atoms with Crippen molar-refractivity contribution >= 4 is 33.6 Å². The number of aromatic nitrogens is 1. The van der Waals surface area contributed by atoms with E-state index in [-0.39, 0.29) is 17.3 Å². The molecule has 22 heavy (non-hydrogen) atoms. The Balaban J connectivity index is 1.80. The molecule has 1 aliphatic rings. The van der Waals surface area contributed by atoms with Gasteiger partial charge in [0.05, 0.1) is 5.56 Å². The summed E-state index contributed by atoms with van der Waals surface area (Å²) in [6, 6.07) is 2.24. The zero-order valence-electron chi connectivity index (χ0n) is 11.9. The van der Waals surface area contributed by atoms with Gasteiger partial charge in [-0.25, -0.2) is 0 Å². The van der Waals surface area contributed by atoms with Gasteiger partial charge >= 0.3 is 4.87 Å². The predicted molar refractivity (Wildman–Crippen MR) is 87.5 cm³/mol. The average Bonchev–Trinajstić information content (AvgIpc) is 2.94. The second kappa shape index (κ2) is 6.46. The van der Waals surface area contributed by atoms with Gasteiger partial charge in [0, 0.05) is 16.5 Å². The van der Waals surface area contributed by atoms with Crippen molar-refractivity contribution in [3.05, 3.63) is 37.2 Å². The highest BCUT2D eigenvalue weighted by molar-refractivity contribution is 7.16. The fraction of sp³-hybridized carbons (Fsp3) is 0.400. The van der Waals surface area contributed by atoms with Gasteiger partial charge < -0.3 is 5.32 Å². The van der Waals surface area contributed by atoms with Crippen LogP contribution in [0.15, 0.2) is 16.4 Å². The average molecular weight is 333 g/mol. The number of carbonyl (C=O) groups excluding carboxylic acids is 1. The summed E-state index contributed by atoms with van der Waals surface area (Å²) >= 11 is 2.57. The lowest BCUT2D eigenvalue weighted by Crippen LogP contribution is -2.23. The fourth-order valence-electron chi connectivity index (χ4n) is 2.68. The molecule has 0 bridgehead atoms. The van der Waals surface area contributed by atoms with Gasteiger partial charge in [-0.2, -0.15) is 5.26 Å². The Morgan fingerprint density at radius 3 is 2.91 bits per heavy atom. The van der Waals surface area contributed by atoms with Crippen molar-refractivity contribution in [3.63, 3.8) is 0 Å². The number of hydrogen-bond acceptors (Lipinski definition) is 5. The summed E-state index contributed by atoms with van der Waals surface area (Å²) in [4.78, 5) is 24.7. The molecule has 1 aliphatic carbocycles. The monoisotopic (exact) mass is 333 g/mol. The van der Waals surface area contributed by atoms with Crippen molar-refractivity contribution in [2.24, 2.45) is 0 Å². The van der Waals surface area contributed by atoms with Crippen molar-refractivity contribution in [1.82, 2.24) is 4.57 Å². The molecule has 114 valence electrons. The minimum absolute atomic E-state index is 0.0181. The summed E-state index contributed by atoms with van der Waals surface area (Å²) in [5.41, 5.74) is 1.71. The van der Waals surface area contributed by atoms with Crippen LogP contribution in [-0.2, 0) is 24.2 Å². The number of aryl methyl sites for hydroxylation is 1. The predicted octanol–water partition coefficient (Wildman–Crippen LogP) is 2.75. The van der Waals surface area contributed by atoms with E-state index >= 15 is 0 Å². The molecule has 7 heteroatoms. The number of amides is 1. The zero-order valence-corrected chi connectivity index (χ0v) is 13.6. The minimum Gasteiger partial charge on any atom is -0.315 e. The highest BCUT2D eigenvalue weighted by atomic mass is 32.1. The summed E-state index contributed by atoms with van der Waals surface area (Å²) in [5.74, 6) is -0.270. The quantitative estimate of drug-likeness (QED) is 0.878. The number of carbonyl (C=O) groups is 1. The molecule has 0 fully saturated rings. The van der Waals surface area contributed by atoms with Crippen molar-refractivity contribution in [3.8, 4) is 6.07 Å². The molecular weight excluding hydrogens is 318 g/mol. The maximum atomic E-state index is 12.1. The number of nitrogens with one attached hydrogen (secondary N) is 1. The molecule has 5 nitrogen and oxygen atoms in total. The van der Waals surface area contributed by atoms with Crippen LogP contribution in [0.1, 0.15) is 35.3 Å². The number of thiazole rings is 1. The van der Waals surface area contributed by atoms with Gasteiger partial charge in [-0.05, 0) is 31.2 Å². The first-order valence-electron chi connectivity index (χ1n) is 7.17. The summed E-state index contributed by atoms with van der Waals surface area (Å²) in [5, 5.41) is 14.5. The smallest absolute Gasteiger partial charge is 0.307 e. The highest BCUT2D eigenvalue weighted by Gasteiger charge is 2.21. The van der Waals surface area contributed by atoms with Crippen LogP contribution in [0.3, 0.4) is 0 Å². The molecule has 0 aromatic carbocycles. The van der Waals surface area contributed by atoms with Crippen LogP contribution in [0.5, 0.6) is 0 Å². The Labute approximate surface area is 135 Å². The molecule has 0 saturated carbocycles. The van der Waals surface area contributed by atoms with Crippen LogP contribution in [0.2, 0.25) is 0 Å². The van der Waals surface area contributed by atoms with Gasteiger partial charge in [-0.15, -0.1) is 11.3 Å². The molecule has 1 N–H and O–H groups in total. The number of anilines is 1. The van der Waals surface area contributed by atoms with Gasteiger partial charge in [0.25, 0.3) is 0 Å². The van der Waals surface area contributed by atoms with Crippen LogP contribution in [0, 0.1) is 11.3 Å². The lowest BCUT2D eigenvalue weighted by atomic mass is 10.1. The summed E-state index contributed by atoms with van der Waals surface area (Å²) in [6.07, 6.45) is 6.91. The number of rotatable bonds is 3. The third-order valence-electron chi connectivity index (χ3n) is 3.74. The second-order valence-electron chi connectivity index (χ2n) is 5.23. The van der Waals surface area contributed by atoms with Crippen molar-refractivity contribution in [2.75, 3.05) is 5.32 Å². The molecule has 0 aliphatic heterocycles. The highest BCUT2D eigenvalue weighted by Crippen LogP contribution is 2.36. The Morgan fingerprint density at radius 1 is 1.36 bits per heavy atom. The van der Waals surface area contributed by atoms with Gasteiger partial charge in [-0.1, -0.05) is 17.8 Å². The van der Waals surface area contributed by atoms with Crippen molar-refractivity contribution in [2.45, 2.75) is 38.6 Å². The van der Waals surface area contributed by atoms with Gasteiger partial charge in [0.2, 0.25) is 5.91 Å². The van der Waals surface area contributed by atoms with Gasteiger partial charge in [0.1, 0.15) is 17.6 Å². The maximum absolute atomic E-state index is 12.1. The Hall–Kier alpha value is -1.91. The van der Waals surface area contributed by atoms with E-state index in [0.717, 1.165) is 42.6 Å². The Morgan fingerprint density at radius 2 is 2.18 bits per heavy atom. The van der Waals surface area contributed by atoms with Crippen LogP contribution in [-0.4, -0.2) is 10.5 Å². The third kappa shape index (κ3) is 2.98. The molecule has 0 atom stereocenters. The zero-order chi connectivity index (χ0) is 15.5. The molecule has 2 heterocycles. The van der Waals surface area contributed by atoms with E-state index < -0.39 is 0 Å². The first-order chi connectivity index (χ1) is 10.7. The second-order valence-corrected chi connectivity index (χ2v) is 7.19. The summed E-state index contributed by atoms with van der Waals surface area (Å²) in [6.45, 7) is -0.0181. The summed E-state index contributed by atoms with van der Waals surface area (Å²) in [7, 11) is 0. The molecule has 0 spiro atoms. The van der Waals surface area contributed by atoms with Crippen LogP contribution >= 0.6 is 22.7 Å². The minimum atomic E-state index is -0.270. The van der Waals surface area contributed by atoms with E-state index in [0.29, 0.717) is 10.6 Å². The van der Waals surface area contributed by atoms with Gasteiger partial charge in [-0.3, -0.25) is 14.2 Å². The number of nitrogens with zero attached hydrogens (tertiary/aromatic N) is 2.